The molecule has 0 aromatic heterocycles. The number of hydrogen-bond donors (Lipinski definition) is 2. The van der Waals surface area contributed by atoms with Gasteiger partial charge in [0.25, 0.3) is 0 Å². The second-order valence-corrected chi connectivity index (χ2v) is 10.00. The molecule has 1 heterocycles. The van der Waals surface area contributed by atoms with Crippen LogP contribution in [-0.2, 0) is 24.3 Å². The van der Waals surface area contributed by atoms with E-state index in [0.29, 0.717) is 36.6 Å². The first kappa shape index (κ1) is 24.3. The molecular weight excluding hydrogens is 406 g/mol. The van der Waals surface area contributed by atoms with E-state index in [1.807, 2.05) is 32.9 Å². The molecule has 30 heavy (non-hydrogen) atoms. The van der Waals surface area contributed by atoms with Gasteiger partial charge in [-0.05, 0) is 50.7 Å². The first-order valence-corrected chi connectivity index (χ1v) is 11.8. The van der Waals surface area contributed by atoms with Gasteiger partial charge in [0.1, 0.15) is 6.23 Å². The van der Waals surface area contributed by atoms with Gasteiger partial charge >= 0.3 is 11.8 Å². The summed E-state index contributed by atoms with van der Waals surface area (Å²) in [5.74, 6) is -1.12. The molecule has 0 bridgehead atoms. The molecule has 1 aliphatic heterocycles. The summed E-state index contributed by atoms with van der Waals surface area (Å²) in [6, 6.07) is 3.67. The summed E-state index contributed by atoms with van der Waals surface area (Å²) in [6.07, 6.45) is 0.464. The highest BCUT2D eigenvalue weighted by atomic mass is 32.2. The molecular formula is C21H33N3O5S. The van der Waals surface area contributed by atoms with Crippen LogP contribution in [0.1, 0.15) is 43.4 Å². The number of carbonyl (C=O) groups excluding carboxylic acids is 2. The third kappa shape index (κ3) is 6.02. The van der Waals surface area contributed by atoms with Crippen LogP contribution in [0.25, 0.3) is 0 Å². The van der Waals surface area contributed by atoms with Crippen LogP contribution in [0, 0.1) is 26.7 Å². The van der Waals surface area contributed by atoms with Crippen LogP contribution in [0.4, 0.5) is 0 Å². The Hall–Kier alpha value is -1.97. The Kier molecular flexibility index (Phi) is 8.40. The molecule has 168 valence electrons. The highest BCUT2D eigenvalue weighted by Gasteiger charge is 2.36. The minimum absolute atomic E-state index is 0.0976. The van der Waals surface area contributed by atoms with Gasteiger partial charge in [-0.25, -0.2) is 8.42 Å². The SMILES string of the molecule is Cc1cc(C)c(S(=O)(=O)N2CCCOC2CNC(=O)C(=O)NCCC(C)C)c(C)c1. The van der Waals surface area contributed by atoms with E-state index < -0.39 is 28.1 Å². The molecule has 9 heteroatoms. The standard InChI is InChI=1S/C21H33N3O5S/c1-14(2)7-8-22-20(25)21(26)23-13-18-24(9-6-10-29-18)30(27,28)19-16(4)11-15(3)12-17(19)5/h11-12,14,18H,6-10,13H2,1-5H3,(H,22,25)(H,23,26). The Morgan fingerprint density at radius 2 is 1.73 bits per heavy atom. The van der Waals surface area contributed by atoms with E-state index in [9.17, 15) is 18.0 Å². The number of nitrogens with zero attached hydrogens (tertiary/aromatic N) is 1. The van der Waals surface area contributed by atoms with Crippen LogP contribution in [-0.4, -0.2) is 57.0 Å². The average Bonchev–Trinajstić information content (AvgIpc) is 2.64. The minimum atomic E-state index is -3.82. The summed E-state index contributed by atoms with van der Waals surface area (Å²) in [7, 11) is -3.82. The Morgan fingerprint density at radius 1 is 1.13 bits per heavy atom. The monoisotopic (exact) mass is 439 g/mol. The van der Waals surface area contributed by atoms with Crippen LogP contribution in [0.2, 0.25) is 0 Å². The zero-order valence-electron chi connectivity index (χ0n) is 18.4. The largest absolute Gasteiger partial charge is 0.360 e. The maximum atomic E-state index is 13.4. The minimum Gasteiger partial charge on any atom is -0.360 e. The van der Waals surface area contributed by atoms with Crippen molar-refractivity contribution in [3.8, 4) is 0 Å². The molecule has 2 amide bonds. The molecule has 0 aliphatic carbocycles. The van der Waals surface area contributed by atoms with Crippen LogP contribution < -0.4 is 10.6 Å². The van der Waals surface area contributed by atoms with Crippen molar-refractivity contribution in [3.63, 3.8) is 0 Å². The van der Waals surface area contributed by atoms with Gasteiger partial charge in [-0.15, -0.1) is 0 Å². The van der Waals surface area contributed by atoms with E-state index in [1.165, 1.54) is 4.31 Å². The molecule has 8 nitrogen and oxygen atoms in total. The van der Waals surface area contributed by atoms with Crippen LogP contribution in [0.5, 0.6) is 0 Å². The topological polar surface area (TPSA) is 105 Å². The van der Waals surface area contributed by atoms with Crippen LogP contribution in [0.3, 0.4) is 0 Å². The summed E-state index contributed by atoms with van der Waals surface area (Å²) in [6.45, 7) is 10.5. The van der Waals surface area contributed by atoms with Gasteiger partial charge in [0.2, 0.25) is 10.0 Å². The van der Waals surface area contributed by atoms with Crippen LogP contribution in [0.15, 0.2) is 17.0 Å². The quantitative estimate of drug-likeness (QED) is 0.629. The number of aryl methyl sites for hydroxylation is 3. The first-order chi connectivity index (χ1) is 14.0. The normalized spacial score (nSPS) is 17.7. The molecule has 0 spiro atoms. The molecule has 1 aliphatic rings. The van der Waals surface area contributed by atoms with E-state index in [0.717, 1.165) is 12.0 Å². The predicted molar refractivity (Wildman–Crippen MR) is 114 cm³/mol. The summed E-state index contributed by atoms with van der Waals surface area (Å²) in [4.78, 5) is 24.3. The number of hydrogen-bond acceptors (Lipinski definition) is 5. The lowest BCUT2D eigenvalue weighted by Gasteiger charge is -2.35. The van der Waals surface area contributed by atoms with Crippen molar-refractivity contribution in [2.45, 2.75) is 58.6 Å². The smallest absolute Gasteiger partial charge is 0.309 e. The summed E-state index contributed by atoms with van der Waals surface area (Å²) >= 11 is 0. The lowest BCUT2D eigenvalue weighted by Crippen LogP contribution is -2.53. The number of benzene rings is 1. The van der Waals surface area contributed by atoms with Gasteiger partial charge in [-0.1, -0.05) is 31.5 Å². The highest BCUT2D eigenvalue weighted by molar-refractivity contribution is 7.89. The van der Waals surface area contributed by atoms with Gasteiger partial charge in [0.15, 0.2) is 0 Å². The Morgan fingerprint density at radius 3 is 2.33 bits per heavy atom. The molecule has 2 rings (SSSR count). The van der Waals surface area contributed by atoms with Crippen molar-refractivity contribution in [1.29, 1.82) is 0 Å². The van der Waals surface area contributed by atoms with Gasteiger partial charge < -0.3 is 15.4 Å². The number of sulfonamides is 1. The molecule has 0 saturated carbocycles. The average molecular weight is 440 g/mol. The van der Waals surface area contributed by atoms with E-state index in [4.69, 9.17) is 4.74 Å². The second-order valence-electron chi connectivity index (χ2n) is 8.17. The van der Waals surface area contributed by atoms with Gasteiger partial charge in [-0.2, -0.15) is 4.31 Å². The fourth-order valence-electron chi connectivity index (χ4n) is 3.61. The van der Waals surface area contributed by atoms with Crippen molar-refractivity contribution in [3.05, 3.63) is 28.8 Å². The summed E-state index contributed by atoms with van der Waals surface area (Å²) in [5, 5.41) is 5.07. The van der Waals surface area contributed by atoms with Crippen molar-refractivity contribution in [2.24, 2.45) is 5.92 Å². The molecule has 1 atom stereocenters. The number of carbonyl (C=O) groups is 2. The summed E-state index contributed by atoms with van der Waals surface area (Å²) in [5.41, 5.74) is 2.34. The Bertz CT molecular complexity index is 860. The predicted octanol–water partition coefficient (Wildman–Crippen LogP) is 1.63. The van der Waals surface area contributed by atoms with Gasteiger partial charge in [0, 0.05) is 13.1 Å². The fourth-order valence-corrected chi connectivity index (χ4v) is 5.59. The number of ether oxygens (including phenoxy) is 1. The molecule has 2 N–H and O–H groups in total. The van der Waals surface area contributed by atoms with E-state index in [1.54, 1.807) is 13.8 Å². The number of rotatable bonds is 7. The Balaban J connectivity index is 2.10. The highest BCUT2D eigenvalue weighted by Crippen LogP contribution is 2.28. The fraction of sp³-hybridized carbons (Fsp3) is 0.619. The molecule has 1 unspecified atom stereocenters. The third-order valence-electron chi connectivity index (χ3n) is 4.98. The van der Waals surface area contributed by atoms with Gasteiger partial charge in [-0.3, -0.25) is 9.59 Å². The van der Waals surface area contributed by atoms with Crippen molar-refractivity contribution in [2.75, 3.05) is 26.2 Å². The Labute approximate surface area is 179 Å². The molecule has 1 fully saturated rings. The lowest BCUT2D eigenvalue weighted by molar-refractivity contribution is -0.140. The van der Waals surface area contributed by atoms with E-state index >= 15 is 0 Å². The third-order valence-corrected chi connectivity index (χ3v) is 7.17. The molecule has 0 radical (unpaired) electrons. The van der Waals surface area contributed by atoms with E-state index in [-0.39, 0.29) is 18.0 Å². The van der Waals surface area contributed by atoms with Gasteiger partial charge in [0.05, 0.1) is 18.0 Å². The molecule has 1 aromatic carbocycles. The van der Waals surface area contributed by atoms with Crippen molar-refractivity contribution < 1.29 is 22.7 Å². The van der Waals surface area contributed by atoms with E-state index in [2.05, 4.69) is 10.6 Å². The maximum Gasteiger partial charge on any atom is 0.309 e. The molecule has 1 saturated heterocycles. The number of amides is 2. The zero-order valence-corrected chi connectivity index (χ0v) is 19.3. The van der Waals surface area contributed by atoms with Crippen molar-refractivity contribution in [1.82, 2.24) is 14.9 Å². The zero-order chi connectivity index (χ0) is 22.5. The second kappa shape index (κ2) is 10.4. The first-order valence-electron chi connectivity index (χ1n) is 10.3. The lowest BCUT2D eigenvalue weighted by atomic mass is 10.1. The molecule has 1 aromatic rings. The van der Waals surface area contributed by atoms with Crippen molar-refractivity contribution >= 4 is 21.8 Å². The van der Waals surface area contributed by atoms with Crippen LogP contribution >= 0.6 is 0 Å². The number of nitrogens with one attached hydrogen (secondary N) is 2. The summed E-state index contributed by atoms with van der Waals surface area (Å²) < 4.78 is 33.7. The maximum absolute atomic E-state index is 13.4.